The van der Waals surface area contributed by atoms with Gasteiger partial charge in [0.25, 0.3) is 0 Å². The topological polar surface area (TPSA) is 54.4 Å². The molecule has 1 aromatic carbocycles. The lowest BCUT2D eigenvalue weighted by Gasteiger charge is -2.57. The number of ketones is 2. The Hall–Kier alpha value is -1.74. The number of fused-ring (bicyclic) bond motifs is 2. The molecule has 0 aromatic heterocycles. The van der Waals surface area contributed by atoms with Crippen molar-refractivity contribution in [1.82, 2.24) is 0 Å². The SMILES string of the molecule is CC1(C)[C@H]2CC=C(CC3(O)C(=O)c4ccccc4C3=O)[C@@H]1C2. The summed E-state index contributed by atoms with van der Waals surface area (Å²) < 4.78 is 0. The monoisotopic (exact) mass is 296 g/mol. The van der Waals surface area contributed by atoms with E-state index in [9.17, 15) is 14.7 Å². The minimum Gasteiger partial charge on any atom is -0.374 e. The molecule has 4 aliphatic rings. The third-order valence-corrected chi connectivity index (χ3v) is 6.21. The fraction of sp³-hybridized carbons (Fsp3) is 0.474. The maximum atomic E-state index is 12.6. The van der Waals surface area contributed by atoms with Gasteiger partial charge in [-0.3, -0.25) is 9.59 Å². The minimum absolute atomic E-state index is 0.153. The fourth-order valence-electron chi connectivity index (χ4n) is 4.56. The van der Waals surface area contributed by atoms with E-state index in [0.29, 0.717) is 23.0 Å². The number of allylic oxidation sites excluding steroid dienone is 1. The Morgan fingerprint density at radius 2 is 1.73 bits per heavy atom. The molecule has 5 rings (SSSR count). The van der Waals surface area contributed by atoms with Crippen LogP contribution in [0, 0.1) is 17.3 Å². The van der Waals surface area contributed by atoms with Crippen molar-refractivity contribution in [2.75, 3.05) is 0 Å². The van der Waals surface area contributed by atoms with E-state index in [1.807, 2.05) is 0 Å². The lowest BCUT2D eigenvalue weighted by Crippen LogP contribution is -2.50. The molecule has 0 saturated heterocycles. The summed E-state index contributed by atoms with van der Waals surface area (Å²) in [6.07, 6.45) is 4.40. The Morgan fingerprint density at radius 3 is 2.23 bits per heavy atom. The van der Waals surface area contributed by atoms with Gasteiger partial charge in [-0.15, -0.1) is 0 Å². The Kier molecular flexibility index (Phi) is 2.63. The van der Waals surface area contributed by atoms with Crippen molar-refractivity contribution < 1.29 is 14.7 Å². The molecule has 0 unspecified atom stereocenters. The van der Waals surface area contributed by atoms with Crippen LogP contribution in [-0.4, -0.2) is 22.3 Å². The molecule has 1 fully saturated rings. The van der Waals surface area contributed by atoms with Gasteiger partial charge in [0.15, 0.2) is 5.60 Å². The first kappa shape index (κ1) is 13.9. The van der Waals surface area contributed by atoms with E-state index in [-0.39, 0.29) is 11.8 Å². The molecule has 0 spiro atoms. The molecule has 0 amide bonds. The van der Waals surface area contributed by atoms with Gasteiger partial charge in [0.05, 0.1) is 0 Å². The average Bonchev–Trinajstić information content (AvgIpc) is 2.70. The number of carbonyl (C=O) groups excluding carboxylic acids is 2. The Bertz CT molecular complexity index is 691. The molecular formula is C19H20O3. The average molecular weight is 296 g/mol. The van der Waals surface area contributed by atoms with Crippen molar-refractivity contribution in [3.05, 3.63) is 47.0 Å². The van der Waals surface area contributed by atoms with Crippen LogP contribution in [0.3, 0.4) is 0 Å². The van der Waals surface area contributed by atoms with Crippen LogP contribution >= 0.6 is 0 Å². The first-order valence-electron chi connectivity index (χ1n) is 7.95. The highest BCUT2D eigenvalue weighted by Crippen LogP contribution is 2.60. The summed E-state index contributed by atoms with van der Waals surface area (Å²) >= 11 is 0. The van der Waals surface area contributed by atoms with Gasteiger partial charge in [-0.1, -0.05) is 49.8 Å². The van der Waals surface area contributed by atoms with E-state index in [1.165, 1.54) is 0 Å². The lowest BCUT2D eigenvalue weighted by atomic mass is 9.48. The quantitative estimate of drug-likeness (QED) is 0.673. The lowest BCUT2D eigenvalue weighted by molar-refractivity contribution is -0.0169. The van der Waals surface area contributed by atoms with E-state index < -0.39 is 17.2 Å². The Balaban J connectivity index is 1.68. The number of carbonyl (C=O) groups is 2. The predicted octanol–water partition coefficient (Wildman–Crippen LogP) is 3.18. The van der Waals surface area contributed by atoms with Gasteiger partial charge >= 0.3 is 0 Å². The summed E-state index contributed by atoms with van der Waals surface area (Å²) in [6.45, 7) is 4.49. The molecule has 1 aromatic rings. The van der Waals surface area contributed by atoms with E-state index >= 15 is 0 Å². The zero-order chi connectivity index (χ0) is 15.7. The maximum absolute atomic E-state index is 12.6. The number of Topliss-reactive ketones (excluding diaryl/α,β-unsaturated/α-hetero) is 2. The Morgan fingerprint density at radius 1 is 1.14 bits per heavy atom. The largest absolute Gasteiger partial charge is 0.374 e. The summed E-state index contributed by atoms with van der Waals surface area (Å²) in [4.78, 5) is 25.2. The third-order valence-electron chi connectivity index (χ3n) is 6.21. The number of benzene rings is 1. The normalized spacial score (nSPS) is 30.6. The highest BCUT2D eigenvalue weighted by Gasteiger charge is 2.56. The third kappa shape index (κ3) is 1.55. The van der Waals surface area contributed by atoms with Gasteiger partial charge in [-0.2, -0.15) is 0 Å². The van der Waals surface area contributed by atoms with Crippen molar-refractivity contribution in [3.8, 4) is 0 Å². The van der Waals surface area contributed by atoms with Crippen LogP contribution in [-0.2, 0) is 0 Å². The van der Waals surface area contributed by atoms with Gasteiger partial charge in [0, 0.05) is 17.5 Å². The van der Waals surface area contributed by atoms with Crippen LogP contribution in [0.5, 0.6) is 0 Å². The zero-order valence-electron chi connectivity index (χ0n) is 12.9. The van der Waals surface area contributed by atoms with Crippen LogP contribution < -0.4 is 0 Å². The number of aliphatic hydroxyl groups is 1. The smallest absolute Gasteiger partial charge is 0.203 e. The summed E-state index contributed by atoms with van der Waals surface area (Å²) in [6, 6.07) is 6.72. The van der Waals surface area contributed by atoms with Gasteiger partial charge in [0.2, 0.25) is 11.6 Å². The molecule has 4 aliphatic carbocycles. The van der Waals surface area contributed by atoms with Crippen LogP contribution in [0.25, 0.3) is 0 Å². The van der Waals surface area contributed by atoms with Crippen LogP contribution in [0.4, 0.5) is 0 Å². The molecule has 2 atom stereocenters. The number of rotatable bonds is 2. The summed E-state index contributed by atoms with van der Waals surface area (Å²) in [5.74, 6) is 0.212. The van der Waals surface area contributed by atoms with E-state index in [4.69, 9.17) is 0 Å². The van der Waals surface area contributed by atoms with Crippen molar-refractivity contribution >= 4 is 11.6 Å². The van der Waals surface area contributed by atoms with Crippen molar-refractivity contribution in [1.29, 1.82) is 0 Å². The molecular weight excluding hydrogens is 276 g/mol. The standard InChI is InChI=1S/C19H20O3/c1-18(2)12-8-7-11(15(18)9-12)10-19(22)16(20)13-5-3-4-6-14(13)17(19)21/h3-7,12,15,22H,8-10H2,1-2H3/t12-,15-/m0/s1. The summed E-state index contributed by atoms with van der Waals surface area (Å²) in [5.41, 5.74) is 0.130. The molecule has 0 radical (unpaired) electrons. The number of hydrogen-bond acceptors (Lipinski definition) is 3. The molecule has 0 heterocycles. The fourth-order valence-corrected chi connectivity index (χ4v) is 4.56. The van der Waals surface area contributed by atoms with Gasteiger partial charge < -0.3 is 5.11 Å². The van der Waals surface area contributed by atoms with Crippen molar-refractivity contribution in [2.24, 2.45) is 17.3 Å². The molecule has 2 bridgehead atoms. The van der Waals surface area contributed by atoms with Crippen LogP contribution in [0.15, 0.2) is 35.9 Å². The van der Waals surface area contributed by atoms with Gasteiger partial charge in [0.1, 0.15) is 0 Å². The van der Waals surface area contributed by atoms with Crippen LogP contribution in [0.1, 0.15) is 53.8 Å². The van der Waals surface area contributed by atoms with Crippen LogP contribution in [0.2, 0.25) is 0 Å². The first-order chi connectivity index (χ1) is 10.4. The minimum atomic E-state index is -1.89. The number of hydrogen-bond donors (Lipinski definition) is 1. The maximum Gasteiger partial charge on any atom is 0.203 e. The zero-order valence-corrected chi connectivity index (χ0v) is 12.9. The first-order valence-corrected chi connectivity index (χ1v) is 7.95. The van der Waals surface area contributed by atoms with E-state index in [0.717, 1.165) is 18.4 Å². The van der Waals surface area contributed by atoms with Crippen molar-refractivity contribution in [3.63, 3.8) is 0 Å². The van der Waals surface area contributed by atoms with E-state index in [1.54, 1.807) is 24.3 Å². The Labute approximate surface area is 130 Å². The molecule has 3 heteroatoms. The molecule has 0 aliphatic heterocycles. The van der Waals surface area contributed by atoms with Gasteiger partial charge in [-0.05, 0) is 30.1 Å². The molecule has 1 N–H and O–H groups in total. The molecule has 3 nitrogen and oxygen atoms in total. The highest BCUT2D eigenvalue weighted by molar-refractivity contribution is 6.32. The molecule has 114 valence electrons. The van der Waals surface area contributed by atoms with Gasteiger partial charge in [-0.25, -0.2) is 0 Å². The second-order valence-corrected chi connectivity index (χ2v) is 7.56. The van der Waals surface area contributed by atoms with Crippen molar-refractivity contribution in [2.45, 2.75) is 38.7 Å². The second kappa shape index (κ2) is 4.17. The second-order valence-electron chi connectivity index (χ2n) is 7.56. The van der Waals surface area contributed by atoms with E-state index in [2.05, 4.69) is 19.9 Å². The molecule has 1 saturated carbocycles. The predicted molar refractivity (Wildman–Crippen MR) is 82.7 cm³/mol. The summed E-state index contributed by atoms with van der Waals surface area (Å²) in [5, 5.41) is 10.9. The highest BCUT2D eigenvalue weighted by atomic mass is 16.3. The molecule has 22 heavy (non-hydrogen) atoms. The summed E-state index contributed by atoms with van der Waals surface area (Å²) in [7, 11) is 0.